The van der Waals surface area contributed by atoms with Gasteiger partial charge in [-0.1, -0.05) is 18.9 Å². The van der Waals surface area contributed by atoms with E-state index in [4.69, 9.17) is 5.73 Å². The minimum atomic E-state index is -0.0181. The molecule has 1 heterocycles. The number of aryl methyl sites for hydroxylation is 1. The third-order valence-electron chi connectivity index (χ3n) is 3.81. The third kappa shape index (κ3) is 2.53. The maximum atomic E-state index is 12.4. The van der Waals surface area contributed by atoms with Crippen LogP contribution in [0.25, 0.3) is 0 Å². The fourth-order valence-electron chi connectivity index (χ4n) is 2.65. The van der Waals surface area contributed by atoms with Crippen LogP contribution < -0.4 is 5.73 Å². The Morgan fingerprint density at radius 1 is 1.44 bits per heavy atom. The van der Waals surface area contributed by atoms with Crippen molar-refractivity contribution in [2.24, 2.45) is 5.73 Å². The summed E-state index contributed by atoms with van der Waals surface area (Å²) in [6, 6.07) is 4.00. The molecule has 0 spiro atoms. The fourth-order valence-corrected chi connectivity index (χ4v) is 2.65. The van der Waals surface area contributed by atoms with Gasteiger partial charge in [-0.25, -0.2) is 0 Å². The second kappa shape index (κ2) is 5.48. The van der Waals surface area contributed by atoms with Crippen LogP contribution in [0.5, 0.6) is 0 Å². The lowest BCUT2D eigenvalue weighted by molar-refractivity contribution is 0.0665. The lowest BCUT2D eigenvalue weighted by atomic mass is 9.90. The van der Waals surface area contributed by atoms with E-state index in [1.165, 1.54) is 6.42 Å². The Bertz CT molecular complexity index is 433. The van der Waals surface area contributed by atoms with Gasteiger partial charge in [-0.3, -0.25) is 9.78 Å². The van der Waals surface area contributed by atoms with Crippen LogP contribution in [0.4, 0.5) is 0 Å². The maximum Gasteiger partial charge on any atom is 0.272 e. The first-order valence-corrected chi connectivity index (χ1v) is 6.55. The van der Waals surface area contributed by atoms with Gasteiger partial charge in [0, 0.05) is 25.3 Å². The summed E-state index contributed by atoms with van der Waals surface area (Å²) in [5, 5.41) is 0. The van der Waals surface area contributed by atoms with Gasteiger partial charge < -0.3 is 10.6 Å². The second-order valence-corrected chi connectivity index (χ2v) is 5.10. The van der Waals surface area contributed by atoms with Crippen molar-refractivity contribution >= 4 is 5.91 Å². The Hall–Kier alpha value is -1.42. The Morgan fingerprint density at radius 2 is 2.17 bits per heavy atom. The molecule has 2 unspecified atom stereocenters. The summed E-state index contributed by atoms with van der Waals surface area (Å²) in [6.45, 7) is 1.91. The molecule has 2 atom stereocenters. The number of likely N-dealkylation sites (N-methyl/N-ethyl adjacent to an activating group) is 1. The van der Waals surface area contributed by atoms with Crippen LogP contribution in [-0.2, 0) is 0 Å². The SMILES string of the molecule is Cc1cccnc1C(=O)N(C)C1CCCCC1N. The average Bonchev–Trinajstić information content (AvgIpc) is 2.38. The highest BCUT2D eigenvalue weighted by Gasteiger charge is 2.29. The molecule has 0 bridgehead atoms. The summed E-state index contributed by atoms with van der Waals surface area (Å²) in [4.78, 5) is 18.4. The molecule has 0 aromatic carbocycles. The van der Waals surface area contributed by atoms with Gasteiger partial charge >= 0.3 is 0 Å². The van der Waals surface area contributed by atoms with Gasteiger partial charge in [0.05, 0.1) is 0 Å². The molecule has 1 amide bonds. The molecule has 2 rings (SSSR count). The zero-order chi connectivity index (χ0) is 13.1. The summed E-state index contributed by atoms with van der Waals surface area (Å²) in [7, 11) is 1.84. The summed E-state index contributed by atoms with van der Waals surface area (Å²) >= 11 is 0. The molecule has 0 radical (unpaired) electrons. The number of carbonyl (C=O) groups excluding carboxylic acids is 1. The molecule has 18 heavy (non-hydrogen) atoms. The highest BCUT2D eigenvalue weighted by molar-refractivity contribution is 5.93. The van der Waals surface area contributed by atoms with Crippen molar-refractivity contribution < 1.29 is 4.79 Å². The number of nitrogens with two attached hydrogens (primary N) is 1. The molecule has 0 saturated heterocycles. The van der Waals surface area contributed by atoms with Crippen LogP contribution in [-0.4, -0.2) is 34.9 Å². The Balaban J connectivity index is 2.16. The molecule has 1 aliphatic rings. The minimum absolute atomic E-state index is 0.0181. The molecular formula is C14H21N3O. The molecule has 98 valence electrons. The zero-order valence-corrected chi connectivity index (χ0v) is 11.1. The van der Waals surface area contributed by atoms with Crippen LogP contribution in [0.15, 0.2) is 18.3 Å². The van der Waals surface area contributed by atoms with E-state index in [2.05, 4.69) is 4.98 Å². The lowest BCUT2D eigenvalue weighted by Crippen LogP contribution is -2.50. The molecular weight excluding hydrogens is 226 g/mol. The Labute approximate surface area is 108 Å². The zero-order valence-electron chi connectivity index (χ0n) is 11.1. The van der Waals surface area contributed by atoms with Crippen LogP contribution in [0, 0.1) is 6.92 Å². The number of pyridine rings is 1. The van der Waals surface area contributed by atoms with Crippen molar-refractivity contribution in [2.75, 3.05) is 7.05 Å². The van der Waals surface area contributed by atoms with Crippen molar-refractivity contribution in [1.29, 1.82) is 0 Å². The Morgan fingerprint density at radius 3 is 2.83 bits per heavy atom. The molecule has 0 aliphatic heterocycles. The van der Waals surface area contributed by atoms with Crippen molar-refractivity contribution in [3.63, 3.8) is 0 Å². The smallest absolute Gasteiger partial charge is 0.272 e. The predicted octanol–water partition coefficient (Wildman–Crippen LogP) is 1.73. The number of hydrogen-bond acceptors (Lipinski definition) is 3. The number of rotatable bonds is 2. The second-order valence-electron chi connectivity index (χ2n) is 5.10. The molecule has 1 fully saturated rings. The lowest BCUT2D eigenvalue weighted by Gasteiger charge is -2.36. The first-order valence-electron chi connectivity index (χ1n) is 6.55. The van der Waals surface area contributed by atoms with Gasteiger partial charge in [0.1, 0.15) is 5.69 Å². The third-order valence-corrected chi connectivity index (χ3v) is 3.81. The molecule has 4 nitrogen and oxygen atoms in total. The number of aromatic nitrogens is 1. The topological polar surface area (TPSA) is 59.2 Å². The van der Waals surface area contributed by atoms with E-state index in [1.54, 1.807) is 11.1 Å². The molecule has 1 aliphatic carbocycles. The quantitative estimate of drug-likeness (QED) is 0.866. The van der Waals surface area contributed by atoms with Gasteiger partial charge in [0.2, 0.25) is 0 Å². The van der Waals surface area contributed by atoms with Gasteiger partial charge in [-0.05, 0) is 31.4 Å². The molecule has 1 saturated carbocycles. The van der Waals surface area contributed by atoms with Crippen molar-refractivity contribution in [3.8, 4) is 0 Å². The average molecular weight is 247 g/mol. The molecule has 4 heteroatoms. The standard InChI is InChI=1S/C14H21N3O/c1-10-6-5-9-16-13(10)14(18)17(2)12-8-4-3-7-11(12)15/h5-6,9,11-12H,3-4,7-8,15H2,1-2H3. The van der Waals surface area contributed by atoms with E-state index in [0.717, 1.165) is 24.8 Å². The van der Waals surface area contributed by atoms with E-state index in [9.17, 15) is 4.79 Å². The highest BCUT2D eigenvalue weighted by Crippen LogP contribution is 2.22. The fraction of sp³-hybridized carbons (Fsp3) is 0.571. The van der Waals surface area contributed by atoms with Crippen molar-refractivity contribution in [3.05, 3.63) is 29.6 Å². The number of hydrogen-bond donors (Lipinski definition) is 1. The normalized spacial score (nSPS) is 23.7. The van der Waals surface area contributed by atoms with Crippen molar-refractivity contribution in [1.82, 2.24) is 9.88 Å². The maximum absolute atomic E-state index is 12.4. The number of carbonyl (C=O) groups is 1. The first-order chi connectivity index (χ1) is 8.61. The molecule has 1 aromatic rings. The van der Waals surface area contributed by atoms with Crippen LogP contribution in [0.3, 0.4) is 0 Å². The van der Waals surface area contributed by atoms with E-state index in [-0.39, 0.29) is 18.0 Å². The first kappa shape index (κ1) is 13.0. The van der Waals surface area contributed by atoms with E-state index in [1.807, 2.05) is 26.1 Å². The van der Waals surface area contributed by atoms with Gasteiger partial charge in [0.25, 0.3) is 5.91 Å². The van der Waals surface area contributed by atoms with Crippen LogP contribution >= 0.6 is 0 Å². The minimum Gasteiger partial charge on any atom is -0.336 e. The summed E-state index contributed by atoms with van der Waals surface area (Å²) < 4.78 is 0. The van der Waals surface area contributed by atoms with E-state index >= 15 is 0 Å². The summed E-state index contributed by atoms with van der Waals surface area (Å²) in [6.07, 6.45) is 5.98. The van der Waals surface area contributed by atoms with Gasteiger partial charge in [-0.15, -0.1) is 0 Å². The summed E-state index contributed by atoms with van der Waals surface area (Å²) in [5.41, 5.74) is 7.57. The molecule has 2 N–H and O–H groups in total. The van der Waals surface area contributed by atoms with Crippen molar-refractivity contribution in [2.45, 2.75) is 44.7 Å². The number of nitrogens with zero attached hydrogens (tertiary/aromatic N) is 2. The van der Waals surface area contributed by atoms with Gasteiger partial charge in [-0.2, -0.15) is 0 Å². The molecule has 1 aromatic heterocycles. The summed E-state index contributed by atoms with van der Waals surface area (Å²) in [5.74, 6) is -0.0181. The van der Waals surface area contributed by atoms with E-state index < -0.39 is 0 Å². The monoisotopic (exact) mass is 247 g/mol. The van der Waals surface area contributed by atoms with Gasteiger partial charge in [0.15, 0.2) is 0 Å². The van der Waals surface area contributed by atoms with Crippen LogP contribution in [0.1, 0.15) is 41.7 Å². The predicted molar refractivity (Wildman–Crippen MR) is 71.3 cm³/mol. The Kier molecular flexibility index (Phi) is 3.97. The largest absolute Gasteiger partial charge is 0.336 e. The highest BCUT2D eigenvalue weighted by atomic mass is 16.2. The number of amides is 1. The van der Waals surface area contributed by atoms with E-state index in [0.29, 0.717) is 5.69 Å². The van der Waals surface area contributed by atoms with Crippen LogP contribution in [0.2, 0.25) is 0 Å².